The third-order valence-electron chi connectivity index (χ3n) is 3.72. The van der Waals surface area contributed by atoms with E-state index in [9.17, 15) is 0 Å². The number of para-hydroxylation sites is 1. The van der Waals surface area contributed by atoms with E-state index in [1.54, 1.807) is 0 Å². The zero-order valence-corrected chi connectivity index (χ0v) is 10.3. The maximum absolute atomic E-state index is 4.67. The molecule has 0 aliphatic carbocycles. The lowest BCUT2D eigenvalue weighted by Crippen LogP contribution is -2.30. The molecule has 0 bridgehead atoms. The predicted molar refractivity (Wildman–Crippen MR) is 70.0 cm³/mol. The van der Waals surface area contributed by atoms with Crippen molar-refractivity contribution >= 4 is 10.9 Å². The van der Waals surface area contributed by atoms with Gasteiger partial charge in [0.05, 0.1) is 11.2 Å². The summed E-state index contributed by atoms with van der Waals surface area (Å²) in [6, 6.07) is 8.52. The van der Waals surface area contributed by atoms with E-state index >= 15 is 0 Å². The fourth-order valence-electron chi connectivity index (χ4n) is 2.81. The lowest BCUT2D eigenvalue weighted by molar-refractivity contribution is 0.373. The number of aryl methyl sites for hydroxylation is 1. The van der Waals surface area contributed by atoms with Crippen molar-refractivity contribution in [1.82, 2.24) is 15.1 Å². The van der Waals surface area contributed by atoms with Crippen LogP contribution in [-0.4, -0.2) is 22.9 Å². The van der Waals surface area contributed by atoms with Gasteiger partial charge >= 0.3 is 0 Å². The molecular formula is C14H19N3. The Morgan fingerprint density at radius 1 is 1.41 bits per heavy atom. The van der Waals surface area contributed by atoms with Gasteiger partial charge in [-0.2, -0.15) is 5.10 Å². The fraction of sp³-hybridized carbons (Fsp3) is 0.500. The molecule has 3 heteroatoms. The van der Waals surface area contributed by atoms with E-state index < -0.39 is 0 Å². The second-order valence-corrected chi connectivity index (χ2v) is 5.00. The Balaban J connectivity index is 1.89. The van der Waals surface area contributed by atoms with Crippen LogP contribution in [0.3, 0.4) is 0 Å². The summed E-state index contributed by atoms with van der Waals surface area (Å²) in [4.78, 5) is 0. The van der Waals surface area contributed by atoms with E-state index in [4.69, 9.17) is 0 Å². The molecule has 1 aliphatic heterocycles. The Morgan fingerprint density at radius 3 is 3.12 bits per heavy atom. The second kappa shape index (κ2) is 4.49. The number of rotatable bonds is 2. The van der Waals surface area contributed by atoms with Crippen LogP contribution in [0, 0.1) is 5.92 Å². The zero-order chi connectivity index (χ0) is 11.7. The quantitative estimate of drug-likeness (QED) is 0.855. The van der Waals surface area contributed by atoms with E-state index in [0.717, 1.165) is 18.9 Å². The SMILES string of the molecule is Cn1nc(CC2CCCNC2)c2ccccc21. The van der Waals surface area contributed by atoms with E-state index in [1.165, 1.54) is 36.0 Å². The highest BCUT2D eigenvalue weighted by Gasteiger charge is 2.17. The molecule has 1 fully saturated rings. The molecule has 0 amide bonds. The van der Waals surface area contributed by atoms with Crippen LogP contribution in [0.4, 0.5) is 0 Å². The summed E-state index contributed by atoms with van der Waals surface area (Å²) < 4.78 is 2.00. The summed E-state index contributed by atoms with van der Waals surface area (Å²) in [7, 11) is 2.03. The lowest BCUT2D eigenvalue weighted by Gasteiger charge is -2.21. The molecule has 0 radical (unpaired) electrons. The molecule has 0 spiro atoms. The molecule has 1 unspecified atom stereocenters. The second-order valence-electron chi connectivity index (χ2n) is 5.00. The topological polar surface area (TPSA) is 29.9 Å². The predicted octanol–water partition coefficient (Wildman–Crippen LogP) is 2.12. The summed E-state index contributed by atoms with van der Waals surface area (Å²) in [5.74, 6) is 0.752. The van der Waals surface area contributed by atoms with Crippen molar-refractivity contribution in [1.29, 1.82) is 0 Å². The summed E-state index contributed by atoms with van der Waals surface area (Å²) >= 11 is 0. The van der Waals surface area contributed by atoms with Gasteiger partial charge in [-0.25, -0.2) is 0 Å². The number of nitrogens with zero attached hydrogens (tertiary/aromatic N) is 2. The first-order valence-corrected chi connectivity index (χ1v) is 6.46. The normalized spacial score (nSPS) is 20.9. The highest BCUT2D eigenvalue weighted by Crippen LogP contribution is 2.22. The van der Waals surface area contributed by atoms with E-state index in [0.29, 0.717) is 0 Å². The minimum atomic E-state index is 0.752. The highest BCUT2D eigenvalue weighted by atomic mass is 15.3. The maximum atomic E-state index is 4.67. The monoisotopic (exact) mass is 229 g/mol. The number of nitrogens with one attached hydrogen (secondary N) is 1. The molecule has 90 valence electrons. The van der Waals surface area contributed by atoms with Gasteiger partial charge in [-0.3, -0.25) is 4.68 Å². The van der Waals surface area contributed by atoms with Crippen LogP contribution in [0.25, 0.3) is 10.9 Å². The first-order chi connectivity index (χ1) is 8.34. The van der Waals surface area contributed by atoms with Gasteiger partial charge in [-0.05, 0) is 44.3 Å². The van der Waals surface area contributed by atoms with Crippen molar-refractivity contribution in [2.24, 2.45) is 13.0 Å². The average Bonchev–Trinajstić information content (AvgIpc) is 2.69. The Bertz CT molecular complexity index is 509. The third-order valence-corrected chi connectivity index (χ3v) is 3.72. The standard InChI is InChI=1S/C14H19N3/c1-17-14-7-3-2-6-12(14)13(16-17)9-11-5-4-8-15-10-11/h2-3,6-7,11,15H,4-5,8-10H2,1H3. The largest absolute Gasteiger partial charge is 0.316 e. The molecule has 1 atom stereocenters. The number of piperidine rings is 1. The molecule has 1 aromatic heterocycles. The first kappa shape index (κ1) is 10.8. The van der Waals surface area contributed by atoms with Gasteiger partial charge in [0.15, 0.2) is 0 Å². The van der Waals surface area contributed by atoms with Crippen LogP contribution in [0.2, 0.25) is 0 Å². The molecule has 1 N–H and O–H groups in total. The summed E-state index contributed by atoms with van der Waals surface area (Å²) in [5, 5.41) is 9.47. The molecule has 3 nitrogen and oxygen atoms in total. The van der Waals surface area contributed by atoms with E-state index in [-0.39, 0.29) is 0 Å². The summed E-state index contributed by atoms with van der Waals surface area (Å²) in [5.41, 5.74) is 2.50. The van der Waals surface area contributed by atoms with Crippen molar-refractivity contribution in [3.05, 3.63) is 30.0 Å². The average molecular weight is 229 g/mol. The minimum Gasteiger partial charge on any atom is -0.316 e. The first-order valence-electron chi connectivity index (χ1n) is 6.46. The fourth-order valence-corrected chi connectivity index (χ4v) is 2.81. The van der Waals surface area contributed by atoms with Crippen molar-refractivity contribution in [2.75, 3.05) is 13.1 Å². The van der Waals surface area contributed by atoms with Crippen LogP contribution >= 0.6 is 0 Å². The smallest absolute Gasteiger partial charge is 0.0706 e. The Labute approximate surface area is 102 Å². The lowest BCUT2D eigenvalue weighted by atomic mass is 9.94. The Morgan fingerprint density at radius 2 is 2.29 bits per heavy atom. The number of aromatic nitrogens is 2. The highest BCUT2D eigenvalue weighted by molar-refractivity contribution is 5.81. The van der Waals surface area contributed by atoms with Gasteiger partial charge in [0.2, 0.25) is 0 Å². The maximum Gasteiger partial charge on any atom is 0.0706 e. The van der Waals surface area contributed by atoms with Crippen molar-refractivity contribution in [3.8, 4) is 0 Å². The molecular weight excluding hydrogens is 210 g/mol. The number of hydrogen-bond donors (Lipinski definition) is 1. The molecule has 1 aromatic carbocycles. The molecule has 3 rings (SSSR count). The summed E-state index contributed by atoms with van der Waals surface area (Å²) in [6.07, 6.45) is 3.74. The Kier molecular flexibility index (Phi) is 2.85. The number of hydrogen-bond acceptors (Lipinski definition) is 2. The van der Waals surface area contributed by atoms with Crippen LogP contribution in [0.1, 0.15) is 18.5 Å². The minimum absolute atomic E-state index is 0.752. The van der Waals surface area contributed by atoms with Crippen LogP contribution < -0.4 is 5.32 Å². The van der Waals surface area contributed by atoms with Gasteiger partial charge in [0, 0.05) is 12.4 Å². The van der Waals surface area contributed by atoms with E-state index in [1.807, 2.05) is 11.7 Å². The van der Waals surface area contributed by atoms with Gasteiger partial charge in [-0.15, -0.1) is 0 Å². The Hall–Kier alpha value is -1.35. The van der Waals surface area contributed by atoms with Crippen LogP contribution in [0.5, 0.6) is 0 Å². The molecule has 1 saturated heterocycles. The van der Waals surface area contributed by atoms with Gasteiger partial charge < -0.3 is 5.32 Å². The molecule has 1 aliphatic rings. The van der Waals surface area contributed by atoms with Crippen LogP contribution in [-0.2, 0) is 13.5 Å². The van der Waals surface area contributed by atoms with Gasteiger partial charge in [0.1, 0.15) is 0 Å². The number of benzene rings is 1. The van der Waals surface area contributed by atoms with Crippen molar-refractivity contribution < 1.29 is 0 Å². The van der Waals surface area contributed by atoms with Gasteiger partial charge in [-0.1, -0.05) is 18.2 Å². The molecule has 2 heterocycles. The molecule has 17 heavy (non-hydrogen) atoms. The zero-order valence-electron chi connectivity index (χ0n) is 10.3. The van der Waals surface area contributed by atoms with Crippen molar-refractivity contribution in [2.45, 2.75) is 19.3 Å². The van der Waals surface area contributed by atoms with Gasteiger partial charge in [0.25, 0.3) is 0 Å². The van der Waals surface area contributed by atoms with Crippen LogP contribution in [0.15, 0.2) is 24.3 Å². The molecule has 0 saturated carbocycles. The third kappa shape index (κ3) is 2.07. The molecule has 2 aromatic rings. The number of fused-ring (bicyclic) bond motifs is 1. The van der Waals surface area contributed by atoms with E-state index in [2.05, 4.69) is 34.7 Å². The summed E-state index contributed by atoms with van der Waals surface area (Å²) in [6.45, 7) is 2.32. The van der Waals surface area contributed by atoms with Crippen molar-refractivity contribution in [3.63, 3.8) is 0 Å².